The first-order valence-electron chi connectivity index (χ1n) is 11.9. The number of hydrogen-bond acceptors (Lipinski definition) is 5. The summed E-state index contributed by atoms with van der Waals surface area (Å²) in [7, 11) is -3.16. The van der Waals surface area contributed by atoms with Crippen LogP contribution in [0.5, 0.6) is 0 Å². The van der Waals surface area contributed by atoms with Crippen molar-refractivity contribution in [2.45, 2.75) is 63.4 Å². The van der Waals surface area contributed by atoms with E-state index in [-0.39, 0.29) is 49.9 Å². The van der Waals surface area contributed by atoms with E-state index < -0.39 is 28.0 Å². The molecule has 194 valence electrons. The normalized spacial score (nSPS) is 20.1. The molecular formula is C26H30F2N2O5S. The number of nitrogens with zero attached hydrogens (tertiary/aromatic N) is 2. The second-order valence-electron chi connectivity index (χ2n) is 9.76. The standard InChI is InChI=1S/C26H30F2N2O5S/c1-17-15-29(25(32)35-22-10-12-26(27,28)13-11-22)24-14-21(8-9-23(24)30(17)18(2)31)20-6-4-19(5-7-20)16-36(3,33)34/h4-9,14,17,22H,10-13,15-16H2,1-3H3/t17-/m0/s1. The Morgan fingerprint density at radius 2 is 1.64 bits per heavy atom. The molecule has 4 rings (SSSR count). The molecular weight excluding hydrogens is 490 g/mol. The van der Waals surface area contributed by atoms with Crippen molar-refractivity contribution in [2.24, 2.45) is 0 Å². The molecule has 0 bridgehead atoms. The van der Waals surface area contributed by atoms with Crippen LogP contribution >= 0.6 is 0 Å². The topological polar surface area (TPSA) is 84.0 Å². The summed E-state index contributed by atoms with van der Waals surface area (Å²) in [5, 5.41) is 0. The van der Waals surface area contributed by atoms with Gasteiger partial charge in [-0.2, -0.15) is 0 Å². The van der Waals surface area contributed by atoms with E-state index in [9.17, 15) is 26.8 Å². The van der Waals surface area contributed by atoms with E-state index in [1.807, 2.05) is 13.0 Å². The largest absolute Gasteiger partial charge is 0.446 e. The smallest absolute Gasteiger partial charge is 0.414 e. The molecule has 1 aliphatic heterocycles. The van der Waals surface area contributed by atoms with Gasteiger partial charge in [0.05, 0.1) is 23.2 Å². The van der Waals surface area contributed by atoms with E-state index in [4.69, 9.17) is 4.74 Å². The van der Waals surface area contributed by atoms with E-state index in [0.29, 0.717) is 16.9 Å². The first-order valence-corrected chi connectivity index (χ1v) is 14.0. The summed E-state index contributed by atoms with van der Waals surface area (Å²) in [5.41, 5.74) is 3.30. The minimum Gasteiger partial charge on any atom is -0.446 e. The Kier molecular flexibility index (Phi) is 7.10. The predicted molar refractivity (Wildman–Crippen MR) is 134 cm³/mol. The Morgan fingerprint density at radius 3 is 2.22 bits per heavy atom. The van der Waals surface area contributed by atoms with E-state index in [2.05, 4.69) is 0 Å². The van der Waals surface area contributed by atoms with Gasteiger partial charge in [0.2, 0.25) is 11.8 Å². The van der Waals surface area contributed by atoms with Crippen molar-refractivity contribution in [3.63, 3.8) is 0 Å². The molecule has 2 aromatic rings. The van der Waals surface area contributed by atoms with Crippen molar-refractivity contribution in [1.29, 1.82) is 0 Å². The van der Waals surface area contributed by atoms with Crippen LogP contribution in [0, 0.1) is 0 Å². The Morgan fingerprint density at radius 1 is 1.03 bits per heavy atom. The van der Waals surface area contributed by atoms with E-state index in [1.165, 1.54) is 18.1 Å². The Hall–Kier alpha value is -3.01. The Balaban J connectivity index is 1.64. The summed E-state index contributed by atoms with van der Waals surface area (Å²) in [6, 6.07) is 12.2. The molecule has 1 heterocycles. The maximum absolute atomic E-state index is 13.5. The molecule has 1 saturated carbocycles. The second-order valence-corrected chi connectivity index (χ2v) is 11.9. The molecule has 1 fully saturated rings. The van der Waals surface area contributed by atoms with E-state index in [1.54, 1.807) is 41.3 Å². The first kappa shape index (κ1) is 26.1. The van der Waals surface area contributed by atoms with Crippen LogP contribution in [0.25, 0.3) is 11.1 Å². The molecule has 1 atom stereocenters. The monoisotopic (exact) mass is 520 g/mol. The molecule has 0 aromatic heterocycles. The highest BCUT2D eigenvalue weighted by Gasteiger charge is 2.39. The van der Waals surface area contributed by atoms with Crippen LogP contribution in [0.4, 0.5) is 25.0 Å². The van der Waals surface area contributed by atoms with E-state index >= 15 is 0 Å². The van der Waals surface area contributed by atoms with Crippen LogP contribution in [-0.4, -0.2) is 51.3 Å². The van der Waals surface area contributed by atoms with Crippen LogP contribution < -0.4 is 9.80 Å². The third kappa shape index (κ3) is 5.86. The number of anilines is 2. The number of benzene rings is 2. The number of carbonyl (C=O) groups is 2. The second kappa shape index (κ2) is 9.80. The zero-order valence-corrected chi connectivity index (χ0v) is 21.4. The van der Waals surface area contributed by atoms with Crippen molar-refractivity contribution in [3.05, 3.63) is 48.0 Å². The van der Waals surface area contributed by atoms with Crippen LogP contribution in [0.3, 0.4) is 0 Å². The lowest BCUT2D eigenvalue weighted by Crippen LogP contribution is -2.52. The molecule has 0 unspecified atom stereocenters. The Labute approximate surface area is 209 Å². The minimum atomic E-state index is -3.16. The fourth-order valence-corrected chi connectivity index (χ4v) is 5.69. The molecule has 36 heavy (non-hydrogen) atoms. The highest BCUT2D eigenvalue weighted by Crippen LogP contribution is 2.40. The molecule has 1 aliphatic carbocycles. The fraction of sp³-hybridized carbons (Fsp3) is 0.462. The lowest BCUT2D eigenvalue weighted by atomic mass is 9.94. The fourth-order valence-electron chi connectivity index (χ4n) is 4.89. The van der Waals surface area contributed by atoms with Gasteiger partial charge in [-0.1, -0.05) is 30.3 Å². The van der Waals surface area contributed by atoms with Gasteiger partial charge >= 0.3 is 6.09 Å². The average molecular weight is 521 g/mol. The lowest BCUT2D eigenvalue weighted by molar-refractivity contribution is -0.117. The number of carbonyl (C=O) groups excluding carboxylic acids is 2. The molecule has 0 saturated heterocycles. The predicted octanol–water partition coefficient (Wildman–Crippen LogP) is 5.17. The number of amides is 2. The summed E-state index contributed by atoms with van der Waals surface area (Å²) < 4.78 is 55.9. The average Bonchev–Trinajstić information content (AvgIpc) is 2.78. The third-order valence-electron chi connectivity index (χ3n) is 6.62. The highest BCUT2D eigenvalue weighted by molar-refractivity contribution is 7.89. The van der Waals surface area contributed by atoms with Gasteiger partial charge in [0, 0.05) is 32.6 Å². The Bertz CT molecular complexity index is 1250. The number of halogens is 2. The molecule has 2 aliphatic rings. The maximum Gasteiger partial charge on any atom is 0.414 e. The van der Waals surface area contributed by atoms with Crippen molar-refractivity contribution >= 4 is 33.2 Å². The van der Waals surface area contributed by atoms with Gasteiger partial charge in [-0.3, -0.25) is 9.69 Å². The molecule has 0 radical (unpaired) electrons. The summed E-state index contributed by atoms with van der Waals surface area (Å²) >= 11 is 0. The van der Waals surface area contributed by atoms with Gasteiger partial charge in [-0.25, -0.2) is 22.0 Å². The van der Waals surface area contributed by atoms with Gasteiger partial charge < -0.3 is 9.64 Å². The number of ether oxygens (including phenoxy) is 1. The molecule has 2 aromatic carbocycles. The number of fused-ring (bicyclic) bond motifs is 1. The van der Waals surface area contributed by atoms with Gasteiger partial charge in [0.25, 0.3) is 0 Å². The van der Waals surface area contributed by atoms with Crippen molar-refractivity contribution in [1.82, 2.24) is 0 Å². The number of hydrogen-bond donors (Lipinski definition) is 0. The summed E-state index contributed by atoms with van der Waals surface area (Å²) in [5.74, 6) is -2.94. The van der Waals surface area contributed by atoms with Crippen molar-refractivity contribution in [2.75, 3.05) is 22.6 Å². The van der Waals surface area contributed by atoms with Gasteiger partial charge in [-0.05, 0) is 48.6 Å². The van der Waals surface area contributed by atoms with Gasteiger partial charge in [0.15, 0.2) is 9.84 Å². The third-order valence-corrected chi connectivity index (χ3v) is 7.48. The zero-order chi connectivity index (χ0) is 26.3. The van der Waals surface area contributed by atoms with Crippen LogP contribution in [0.1, 0.15) is 45.1 Å². The number of sulfone groups is 1. The van der Waals surface area contributed by atoms with Gasteiger partial charge in [0.1, 0.15) is 6.10 Å². The summed E-state index contributed by atoms with van der Waals surface area (Å²) in [6.07, 6.45) is -0.429. The number of alkyl halides is 2. The van der Waals surface area contributed by atoms with Crippen molar-refractivity contribution < 1.29 is 31.5 Å². The highest BCUT2D eigenvalue weighted by atomic mass is 32.2. The molecule has 0 N–H and O–H groups in total. The molecule has 0 spiro atoms. The maximum atomic E-state index is 13.5. The molecule has 2 amide bonds. The lowest BCUT2D eigenvalue weighted by Gasteiger charge is -2.41. The summed E-state index contributed by atoms with van der Waals surface area (Å²) in [6.45, 7) is 3.50. The van der Waals surface area contributed by atoms with Crippen LogP contribution in [-0.2, 0) is 25.1 Å². The van der Waals surface area contributed by atoms with E-state index in [0.717, 1.165) is 11.1 Å². The zero-order valence-electron chi connectivity index (χ0n) is 20.5. The molecule has 10 heteroatoms. The van der Waals surface area contributed by atoms with Crippen LogP contribution in [0.2, 0.25) is 0 Å². The van der Waals surface area contributed by atoms with Gasteiger partial charge in [-0.15, -0.1) is 0 Å². The minimum absolute atomic E-state index is 0.0599. The van der Waals surface area contributed by atoms with Crippen LogP contribution in [0.15, 0.2) is 42.5 Å². The quantitative estimate of drug-likeness (QED) is 0.555. The number of rotatable bonds is 4. The SMILES string of the molecule is CC(=O)N1c2ccc(-c3ccc(CS(C)(=O)=O)cc3)cc2N(C(=O)OC2CCC(F)(F)CC2)C[C@@H]1C. The first-order chi connectivity index (χ1) is 16.8. The summed E-state index contributed by atoms with van der Waals surface area (Å²) in [4.78, 5) is 28.7. The molecule has 7 nitrogen and oxygen atoms in total. The van der Waals surface area contributed by atoms with Crippen molar-refractivity contribution in [3.8, 4) is 11.1 Å².